The number of hydrogen-bond acceptors (Lipinski definition) is 2. The van der Waals surface area contributed by atoms with Gasteiger partial charge in [-0.3, -0.25) is 4.98 Å². The summed E-state index contributed by atoms with van der Waals surface area (Å²) in [6.45, 7) is 0. The number of halogens is 4. The first kappa shape index (κ1) is 14.4. The molecule has 2 nitrogen and oxygen atoms in total. The molecule has 0 saturated heterocycles. The van der Waals surface area contributed by atoms with Crippen LogP contribution in [0.3, 0.4) is 0 Å². The highest BCUT2D eigenvalue weighted by Crippen LogP contribution is 2.32. The Kier molecular flexibility index (Phi) is 3.96. The Bertz CT molecular complexity index is 675. The average molecular weight is 297 g/mol. The van der Waals surface area contributed by atoms with E-state index in [0.29, 0.717) is 21.8 Å². The molecule has 0 saturated carbocycles. The van der Waals surface area contributed by atoms with Crippen molar-refractivity contribution in [1.82, 2.24) is 4.98 Å². The van der Waals surface area contributed by atoms with E-state index >= 15 is 0 Å². The molecule has 102 valence electrons. The van der Waals surface area contributed by atoms with Gasteiger partial charge in [-0.1, -0.05) is 23.7 Å². The van der Waals surface area contributed by atoms with Crippen LogP contribution in [0.25, 0.3) is 11.3 Å². The van der Waals surface area contributed by atoms with E-state index in [4.69, 9.17) is 16.9 Å². The minimum absolute atomic E-state index is 0.0767. The van der Waals surface area contributed by atoms with Crippen LogP contribution in [0.4, 0.5) is 13.2 Å². The first-order valence-electron chi connectivity index (χ1n) is 5.61. The molecule has 1 aromatic heterocycles. The zero-order chi connectivity index (χ0) is 14.8. The van der Waals surface area contributed by atoms with Crippen LogP contribution in [-0.4, -0.2) is 4.98 Å². The van der Waals surface area contributed by atoms with Gasteiger partial charge in [0.15, 0.2) is 0 Å². The van der Waals surface area contributed by atoms with Crippen molar-refractivity contribution in [3.05, 3.63) is 52.7 Å². The fraction of sp³-hybridized carbons (Fsp3) is 0.143. The third-order valence-corrected chi connectivity index (χ3v) is 3.03. The van der Waals surface area contributed by atoms with Gasteiger partial charge in [0.25, 0.3) is 0 Å². The molecule has 0 atom stereocenters. The van der Waals surface area contributed by atoms with Crippen molar-refractivity contribution in [2.24, 2.45) is 0 Å². The Hall–Kier alpha value is -2.06. The fourth-order valence-corrected chi connectivity index (χ4v) is 1.88. The second kappa shape index (κ2) is 5.51. The number of hydrogen-bond donors (Lipinski definition) is 0. The van der Waals surface area contributed by atoms with Crippen LogP contribution in [0.5, 0.6) is 0 Å². The van der Waals surface area contributed by atoms with Crippen molar-refractivity contribution in [1.29, 1.82) is 5.26 Å². The average Bonchev–Trinajstić information content (AvgIpc) is 2.41. The monoisotopic (exact) mass is 296 g/mol. The van der Waals surface area contributed by atoms with Gasteiger partial charge in [-0.2, -0.15) is 18.4 Å². The molecule has 0 spiro atoms. The summed E-state index contributed by atoms with van der Waals surface area (Å²) in [5.74, 6) is 0. The lowest BCUT2D eigenvalue weighted by Crippen LogP contribution is -2.04. The van der Waals surface area contributed by atoms with Crippen molar-refractivity contribution in [3.8, 4) is 17.3 Å². The maximum absolute atomic E-state index is 12.7. The summed E-state index contributed by atoms with van der Waals surface area (Å²) in [5.41, 5.74) is 0.478. The third-order valence-electron chi connectivity index (χ3n) is 2.69. The van der Waals surface area contributed by atoms with Gasteiger partial charge in [0, 0.05) is 11.8 Å². The second-order valence-corrected chi connectivity index (χ2v) is 4.48. The van der Waals surface area contributed by atoms with Crippen LogP contribution in [-0.2, 0) is 12.6 Å². The van der Waals surface area contributed by atoms with E-state index in [9.17, 15) is 13.2 Å². The summed E-state index contributed by atoms with van der Waals surface area (Å²) in [4.78, 5) is 4.01. The molecule has 0 bridgehead atoms. The lowest BCUT2D eigenvalue weighted by atomic mass is 10.0. The summed E-state index contributed by atoms with van der Waals surface area (Å²) in [7, 11) is 0. The first-order valence-corrected chi connectivity index (χ1v) is 5.98. The van der Waals surface area contributed by atoms with Gasteiger partial charge in [-0.25, -0.2) is 0 Å². The topological polar surface area (TPSA) is 36.7 Å². The molecule has 0 radical (unpaired) electrons. The molecule has 1 heterocycles. The largest absolute Gasteiger partial charge is 0.416 e. The highest BCUT2D eigenvalue weighted by atomic mass is 35.5. The highest BCUT2D eigenvalue weighted by molar-refractivity contribution is 6.31. The van der Waals surface area contributed by atoms with Crippen LogP contribution in [0.2, 0.25) is 5.02 Å². The number of benzene rings is 1. The van der Waals surface area contributed by atoms with E-state index in [2.05, 4.69) is 4.98 Å². The molecule has 6 heteroatoms. The van der Waals surface area contributed by atoms with Crippen LogP contribution < -0.4 is 0 Å². The van der Waals surface area contributed by atoms with Crippen molar-refractivity contribution in [2.45, 2.75) is 12.6 Å². The number of nitrogens with zero attached hydrogens (tertiary/aromatic N) is 2. The zero-order valence-electron chi connectivity index (χ0n) is 10.1. The molecule has 2 aromatic rings. The fourth-order valence-electron chi connectivity index (χ4n) is 1.71. The molecule has 0 amide bonds. The maximum atomic E-state index is 12.7. The van der Waals surface area contributed by atoms with Crippen molar-refractivity contribution in [2.75, 3.05) is 0 Å². The standard InChI is InChI=1S/C14H8ClF3N2/c15-12-8-20-13(7-9(12)4-5-19)10-2-1-3-11(6-10)14(16,17)18/h1-3,6-8H,4H2. The van der Waals surface area contributed by atoms with E-state index in [-0.39, 0.29) is 6.42 Å². The van der Waals surface area contributed by atoms with Gasteiger partial charge in [0.2, 0.25) is 0 Å². The Morgan fingerprint density at radius 1 is 1.25 bits per heavy atom. The minimum atomic E-state index is -4.40. The Balaban J connectivity index is 2.47. The van der Waals surface area contributed by atoms with E-state index in [0.717, 1.165) is 12.1 Å². The normalized spacial score (nSPS) is 11.2. The Labute approximate surface area is 118 Å². The number of alkyl halides is 3. The summed E-state index contributed by atoms with van der Waals surface area (Å²) >= 11 is 5.87. The summed E-state index contributed by atoms with van der Waals surface area (Å²) in [6, 6.07) is 8.34. The summed E-state index contributed by atoms with van der Waals surface area (Å²) in [6.07, 6.45) is -2.99. The lowest BCUT2D eigenvalue weighted by Gasteiger charge is -2.09. The molecule has 0 fully saturated rings. The number of aromatic nitrogens is 1. The molecular weight excluding hydrogens is 289 g/mol. The number of rotatable bonds is 2. The maximum Gasteiger partial charge on any atom is 0.416 e. The first-order chi connectivity index (χ1) is 9.41. The summed E-state index contributed by atoms with van der Waals surface area (Å²) < 4.78 is 38.0. The van der Waals surface area contributed by atoms with Gasteiger partial charge in [-0.15, -0.1) is 0 Å². The molecular formula is C14H8ClF3N2. The molecule has 0 aliphatic heterocycles. The van der Waals surface area contributed by atoms with Crippen LogP contribution in [0, 0.1) is 11.3 Å². The van der Waals surface area contributed by atoms with Gasteiger partial charge in [-0.05, 0) is 23.8 Å². The van der Waals surface area contributed by atoms with E-state index < -0.39 is 11.7 Å². The lowest BCUT2D eigenvalue weighted by molar-refractivity contribution is -0.137. The quantitative estimate of drug-likeness (QED) is 0.819. The predicted molar refractivity (Wildman–Crippen MR) is 69.0 cm³/mol. The predicted octanol–water partition coefficient (Wildman–Crippen LogP) is 4.49. The van der Waals surface area contributed by atoms with Crippen molar-refractivity contribution >= 4 is 11.6 Å². The van der Waals surface area contributed by atoms with Crippen LogP contribution in [0.15, 0.2) is 36.5 Å². The van der Waals surface area contributed by atoms with E-state index in [1.165, 1.54) is 24.4 Å². The molecule has 0 aliphatic carbocycles. The zero-order valence-corrected chi connectivity index (χ0v) is 10.8. The number of nitriles is 1. The smallest absolute Gasteiger partial charge is 0.255 e. The minimum Gasteiger partial charge on any atom is -0.255 e. The molecule has 1 aromatic carbocycles. The SMILES string of the molecule is N#CCc1cc(-c2cccc(C(F)(F)F)c2)ncc1Cl. The van der Waals surface area contributed by atoms with Crippen LogP contribution in [0.1, 0.15) is 11.1 Å². The molecule has 20 heavy (non-hydrogen) atoms. The van der Waals surface area contributed by atoms with Crippen molar-refractivity contribution < 1.29 is 13.2 Å². The van der Waals surface area contributed by atoms with Gasteiger partial charge in [0.1, 0.15) is 0 Å². The molecule has 0 aliphatic rings. The Morgan fingerprint density at radius 3 is 2.65 bits per heavy atom. The van der Waals surface area contributed by atoms with Gasteiger partial charge in [0.05, 0.1) is 28.8 Å². The third kappa shape index (κ3) is 3.09. The van der Waals surface area contributed by atoms with Crippen molar-refractivity contribution in [3.63, 3.8) is 0 Å². The van der Waals surface area contributed by atoms with Gasteiger partial charge < -0.3 is 0 Å². The second-order valence-electron chi connectivity index (χ2n) is 4.07. The molecule has 0 unspecified atom stereocenters. The molecule has 2 rings (SSSR count). The van der Waals surface area contributed by atoms with Gasteiger partial charge >= 0.3 is 6.18 Å². The van der Waals surface area contributed by atoms with Crippen LogP contribution >= 0.6 is 11.6 Å². The number of pyridine rings is 1. The van der Waals surface area contributed by atoms with E-state index in [1.54, 1.807) is 0 Å². The summed E-state index contributed by atoms with van der Waals surface area (Å²) in [5, 5.41) is 9.00. The molecule has 0 N–H and O–H groups in total. The van der Waals surface area contributed by atoms with E-state index in [1.807, 2.05) is 6.07 Å². The highest BCUT2D eigenvalue weighted by Gasteiger charge is 2.30. The Morgan fingerprint density at radius 2 is 2.00 bits per heavy atom.